The van der Waals surface area contributed by atoms with Gasteiger partial charge in [0.1, 0.15) is 0 Å². The Morgan fingerprint density at radius 2 is 1.03 bits per heavy atom. The smallest absolute Gasteiger partial charge is 0.411 e. The van der Waals surface area contributed by atoms with E-state index in [4.69, 9.17) is 10.2 Å². The molecule has 0 fully saturated rings. The summed E-state index contributed by atoms with van der Waals surface area (Å²) in [6.45, 7) is 8.87. The van der Waals surface area contributed by atoms with Gasteiger partial charge in [-0.3, -0.25) is 20.2 Å². The highest BCUT2D eigenvalue weighted by Crippen LogP contribution is 2.06. The number of hydrogen-bond acceptors (Lipinski definition) is 6. The van der Waals surface area contributed by atoms with Crippen molar-refractivity contribution in [2.75, 3.05) is 13.1 Å². The summed E-state index contributed by atoms with van der Waals surface area (Å²) in [5, 5.41) is 27.3. The monoisotopic (exact) mass is 428 g/mol. The predicted octanol–water partition coefficient (Wildman–Crippen LogP) is 1.92. The fourth-order valence-corrected chi connectivity index (χ4v) is 2.81. The largest absolute Gasteiger partial charge is 0.465 e. The average Bonchev–Trinajstić information content (AvgIpc) is 2.59. The minimum Gasteiger partial charge on any atom is -0.465 e. The summed E-state index contributed by atoms with van der Waals surface area (Å²) in [6.07, 6.45) is 3.51. The molecule has 6 N–H and O–H groups in total. The molecule has 0 aromatic carbocycles. The van der Waals surface area contributed by atoms with E-state index in [2.05, 4.69) is 10.6 Å². The van der Waals surface area contributed by atoms with Gasteiger partial charge in [-0.2, -0.15) is 0 Å². The minimum atomic E-state index is -1.37. The van der Waals surface area contributed by atoms with Gasteiger partial charge in [0.25, 0.3) is 0 Å². The van der Waals surface area contributed by atoms with Crippen molar-refractivity contribution in [3.8, 4) is 0 Å². The fourth-order valence-electron chi connectivity index (χ4n) is 2.81. The minimum absolute atomic E-state index is 0.237. The summed E-state index contributed by atoms with van der Waals surface area (Å²) < 4.78 is 0. The van der Waals surface area contributed by atoms with Crippen molar-refractivity contribution in [3.05, 3.63) is 12.2 Å². The van der Waals surface area contributed by atoms with Crippen LogP contribution in [-0.2, 0) is 9.59 Å². The number of carboxylic acid groups (broad SMARTS) is 2. The van der Waals surface area contributed by atoms with Crippen LogP contribution in [-0.4, -0.2) is 59.4 Å². The number of rotatable bonds is 14. The molecule has 0 radical (unpaired) electrons. The van der Waals surface area contributed by atoms with E-state index in [1.807, 2.05) is 50.5 Å². The lowest BCUT2D eigenvalue weighted by molar-refractivity contribution is -0.123. The summed E-state index contributed by atoms with van der Waals surface area (Å²) in [4.78, 5) is 45.1. The number of carbonyl (C=O) groups is 4. The van der Waals surface area contributed by atoms with Gasteiger partial charge >= 0.3 is 12.2 Å². The SMILES string of the molecule is CC(C)CC(NCCC=CCCN[C@@H](CC(C)C)C(=O)NC(=O)O)C(=O)NC(=O)O. The molecule has 0 aromatic heterocycles. The van der Waals surface area contributed by atoms with Crippen molar-refractivity contribution in [2.45, 2.75) is 65.5 Å². The number of imide groups is 2. The third-order valence-corrected chi connectivity index (χ3v) is 4.08. The molecule has 0 bridgehead atoms. The lowest BCUT2D eigenvalue weighted by Gasteiger charge is -2.19. The van der Waals surface area contributed by atoms with Crippen LogP contribution in [0.5, 0.6) is 0 Å². The Morgan fingerprint density at radius 3 is 1.30 bits per heavy atom. The highest BCUT2D eigenvalue weighted by atomic mass is 16.4. The Hall–Kier alpha value is -2.46. The third-order valence-electron chi connectivity index (χ3n) is 4.08. The standard InChI is InChI=1S/C20H36N4O6/c1-13(2)11-15(17(25)23-19(27)28)21-9-7-5-6-8-10-22-16(12-14(3)4)18(26)24-20(29)30/h5-6,13-16,21-22H,7-12H2,1-4H3,(H,23,25)(H,24,26)(H,27,28)(H,29,30)/t15-,16?/m0/s1. The van der Waals surface area contributed by atoms with Crippen molar-refractivity contribution in [1.29, 1.82) is 0 Å². The molecule has 0 saturated carbocycles. The number of hydrogen-bond donors (Lipinski definition) is 6. The number of nitrogens with one attached hydrogen (secondary N) is 4. The van der Waals surface area contributed by atoms with Crippen LogP contribution in [0.2, 0.25) is 0 Å². The highest BCUT2D eigenvalue weighted by molar-refractivity contribution is 5.94. The molecular weight excluding hydrogens is 392 g/mol. The van der Waals surface area contributed by atoms with Crippen molar-refractivity contribution >= 4 is 24.0 Å². The van der Waals surface area contributed by atoms with Gasteiger partial charge in [-0.15, -0.1) is 0 Å². The third kappa shape index (κ3) is 14.5. The van der Waals surface area contributed by atoms with Crippen molar-refractivity contribution < 1.29 is 29.4 Å². The Bertz CT molecular complexity index is 542. The topological polar surface area (TPSA) is 157 Å². The zero-order chi connectivity index (χ0) is 23.1. The summed E-state index contributed by atoms with van der Waals surface area (Å²) in [6, 6.07) is -1.14. The quantitative estimate of drug-likeness (QED) is 0.181. The second-order valence-corrected chi connectivity index (χ2v) is 7.91. The molecule has 4 amide bonds. The first-order valence-electron chi connectivity index (χ1n) is 10.2. The van der Waals surface area contributed by atoms with E-state index in [9.17, 15) is 19.2 Å². The molecule has 172 valence electrons. The van der Waals surface area contributed by atoms with Crippen LogP contribution in [0.15, 0.2) is 12.2 Å². The van der Waals surface area contributed by atoms with Crippen LogP contribution in [0.25, 0.3) is 0 Å². The summed E-state index contributed by atoms with van der Waals surface area (Å²) >= 11 is 0. The summed E-state index contributed by atoms with van der Waals surface area (Å²) in [7, 11) is 0. The molecule has 10 heteroatoms. The van der Waals surface area contributed by atoms with Crippen LogP contribution in [0.4, 0.5) is 9.59 Å². The fraction of sp³-hybridized carbons (Fsp3) is 0.700. The summed E-state index contributed by atoms with van der Waals surface area (Å²) in [5.41, 5.74) is 0. The van der Waals surface area contributed by atoms with E-state index >= 15 is 0 Å². The zero-order valence-electron chi connectivity index (χ0n) is 18.2. The zero-order valence-corrected chi connectivity index (χ0v) is 18.2. The predicted molar refractivity (Wildman–Crippen MR) is 113 cm³/mol. The van der Waals surface area contributed by atoms with E-state index < -0.39 is 36.1 Å². The number of carbonyl (C=O) groups excluding carboxylic acids is 2. The van der Waals surface area contributed by atoms with E-state index in [0.29, 0.717) is 38.8 Å². The molecule has 0 saturated heterocycles. The van der Waals surface area contributed by atoms with E-state index in [-0.39, 0.29) is 11.8 Å². The van der Waals surface area contributed by atoms with Crippen LogP contribution >= 0.6 is 0 Å². The molecule has 0 rings (SSSR count). The second kappa shape index (κ2) is 15.4. The highest BCUT2D eigenvalue weighted by Gasteiger charge is 2.21. The summed E-state index contributed by atoms with van der Waals surface area (Å²) in [5.74, 6) is -0.637. The Labute approximate surface area is 177 Å². The molecular formula is C20H36N4O6. The maximum absolute atomic E-state index is 11.9. The molecule has 30 heavy (non-hydrogen) atoms. The van der Waals surface area contributed by atoms with Crippen LogP contribution in [0, 0.1) is 11.8 Å². The first-order chi connectivity index (χ1) is 14.0. The maximum Gasteiger partial charge on any atom is 0.411 e. The second-order valence-electron chi connectivity index (χ2n) is 7.91. The molecule has 0 spiro atoms. The van der Waals surface area contributed by atoms with E-state index in [1.54, 1.807) is 0 Å². The van der Waals surface area contributed by atoms with Crippen molar-refractivity contribution in [3.63, 3.8) is 0 Å². The first kappa shape index (κ1) is 27.5. The molecule has 0 aromatic rings. The Kier molecular flexibility index (Phi) is 14.1. The van der Waals surface area contributed by atoms with E-state index in [1.165, 1.54) is 0 Å². The maximum atomic E-state index is 11.9. The Morgan fingerprint density at radius 1 is 0.700 bits per heavy atom. The van der Waals surface area contributed by atoms with Crippen LogP contribution in [0.3, 0.4) is 0 Å². The normalized spacial score (nSPS) is 13.4. The van der Waals surface area contributed by atoms with Gasteiger partial charge in [0.05, 0.1) is 12.1 Å². The van der Waals surface area contributed by atoms with Gasteiger partial charge in [0, 0.05) is 0 Å². The van der Waals surface area contributed by atoms with Crippen molar-refractivity contribution in [1.82, 2.24) is 21.3 Å². The molecule has 0 aliphatic heterocycles. The molecule has 10 nitrogen and oxygen atoms in total. The van der Waals surface area contributed by atoms with Crippen molar-refractivity contribution in [2.24, 2.45) is 11.8 Å². The van der Waals surface area contributed by atoms with Gasteiger partial charge < -0.3 is 20.8 Å². The molecule has 2 atom stereocenters. The lowest BCUT2D eigenvalue weighted by atomic mass is 10.0. The first-order valence-corrected chi connectivity index (χ1v) is 10.2. The molecule has 1 unspecified atom stereocenters. The van der Waals surface area contributed by atoms with Crippen LogP contribution < -0.4 is 21.3 Å². The van der Waals surface area contributed by atoms with Gasteiger partial charge in [0.2, 0.25) is 11.8 Å². The lowest BCUT2D eigenvalue weighted by Crippen LogP contribution is -2.46. The number of amides is 4. The Balaban J connectivity index is 4.30. The molecule has 0 aliphatic carbocycles. The van der Waals surface area contributed by atoms with Crippen LogP contribution in [0.1, 0.15) is 53.4 Å². The van der Waals surface area contributed by atoms with Gasteiger partial charge in [-0.05, 0) is 50.6 Å². The average molecular weight is 429 g/mol. The molecule has 0 aliphatic rings. The van der Waals surface area contributed by atoms with Gasteiger partial charge in [0.15, 0.2) is 0 Å². The van der Waals surface area contributed by atoms with E-state index in [0.717, 1.165) is 0 Å². The van der Waals surface area contributed by atoms with Gasteiger partial charge in [-0.25, -0.2) is 9.59 Å². The van der Waals surface area contributed by atoms with Gasteiger partial charge in [-0.1, -0.05) is 39.8 Å². The molecule has 0 heterocycles.